The van der Waals surface area contributed by atoms with Crippen molar-refractivity contribution in [2.24, 2.45) is 11.5 Å². The molecule has 0 spiro atoms. The molecule has 1 amide bonds. The zero-order chi connectivity index (χ0) is 14.2. The summed E-state index contributed by atoms with van der Waals surface area (Å²) in [6.45, 7) is 3.66. The summed E-state index contributed by atoms with van der Waals surface area (Å²) >= 11 is 5.03. The molecule has 2 aromatic heterocycles. The number of nitrogens with two attached hydrogens (primary N) is 2. The minimum Gasteiger partial charge on any atom is -0.389 e. The van der Waals surface area contributed by atoms with Crippen molar-refractivity contribution in [3.05, 3.63) is 34.8 Å². The number of thiocarbonyl (C=S) groups is 1. The lowest BCUT2D eigenvalue weighted by Crippen LogP contribution is -2.19. The molecule has 0 radical (unpaired) electrons. The number of hydrogen-bond acceptors (Lipinski definition) is 5. The molecule has 0 aliphatic carbocycles. The zero-order valence-electron chi connectivity index (χ0n) is 10.4. The molecule has 0 aliphatic rings. The maximum atomic E-state index is 11.0. The molecule has 0 saturated carbocycles. The molecule has 0 fully saturated rings. The summed E-state index contributed by atoms with van der Waals surface area (Å²) in [5.74, 6) is -0.240. The third kappa shape index (κ3) is 2.29. The summed E-state index contributed by atoms with van der Waals surface area (Å²) in [7, 11) is 0. The molecular formula is C11H12N6OS. The Bertz CT molecular complexity index is 678. The van der Waals surface area contributed by atoms with E-state index in [-0.39, 0.29) is 10.7 Å². The minimum atomic E-state index is -0.618. The fraction of sp³-hybridized carbons (Fsp3) is 0.182. The van der Waals surface area contributed by atoms with Gasteiger partial charge in [-0.1, -0.05) is 12.2 Å². The van der Waals surface area contributed by atoms with Crippen LogP contribution in [0.2, 0.25) is 0 Å². The molecule has 98 valence electrons. The minimum absolute atomic E-state index is 0.133. The predicted molar refractivity (Wildman–Crippen MR) is 73.0 cm³/mol. The molecule has 0 bridgehead atoms. The Morgan fingerprint density at radius 1 is 1.32 bits per heavy atom. The third-order valence-corrected chi connectivity index (χ3v) is 2.95. The van der Waals surface area contributed by atoms with Gasteiger partial charge in [0, 0.05) is 6.20 Å². The average molecular weight is 276 g/mol. The zero-order valence-corrected chi connectivity index (χ0v) is 11.2. The van der Waals surface area contributed by atoms with Crippen molar-refractivity contribution in [2.75, 3.05) is 0 Å². The third-order valence-electron chi connectivity index (χ3n) is 2.74. The molecule has 0 atom stereocenters. The van der Waals surface area contributed by atoms with Crippen LogP contribution >= 0.6 is 12.2 Å². The van der Waals surface area contributed by atoms with E-state index in [0.29, 0.717) is 11.4 Å². The summed E-state index contributed by atoms with van der Waals surface area (Å²) in [6.07, 6.45) is 1.56. The van der Waals surface area contributed by atoms with Gasteiger partial charge in [-0.15, -0.1) is 5.10 Å². The molecule has 19 heavy (non-hydrogen) atoms. The highest BCUT2D eigenvalue weighted by Crippen LogP contribution is 2.17. The lowest BCUT2D eigenvalue weighted by atomic mass is 10.1. The Labute approximate surface area is 114 Å². The van der Waals surface area contributed by atoms with Crippen molar-refractivity contribution < 1.29 is 4.79 Å². The van der Waals surface area contributed by atoms with Crippen LogP contribution in [-0.4, -0.2) is 30.9 Å². The van der Waals surface area contributed by atoms with E-state index in [9.17, 15) is 4.79 Å². The summed E-state index contributed by atoms with van der Waals surface area (Å²) in [6, 6.07) is 1.49. The van der Waals surface area contributed by atoms with E-state index in [1.165, 1.54) is 10.7 Å². The molecule has 4 N–H and O–H groups in total. The first-order valence-electron chi connectivity index (χ1n) is 5.41. The number of carbonyl (C=O) groups is 1. The number of primary amides is 1. The summed E-state index contributed by atoms with van der Waals surface area (Å²) in [5.41, 5.74) is 13.2. The molecule has 0 aromatic carbocycles. The number of aryl methyl sites for hydroxylation is 1. The second-order valence-electron chi connectivity index (χ2n) is 3.98. The Morgan fingerprint density at radius 2 is 2.00 bits per heavy atom. The Balaban J connectivity index is 2.64. The van der Waals surface area contributed by atoms with Gasteiger partial charge in [-0.05, 0) is 25.5 Å². The van der Waals surface area contributed by atoms with E-state index < -0.39 is 5.91 Å². The summed E-state index contributed by atoms with van der Waals surface area (Å²) in [4.78, 5) is 11.2. The van der Waals surface area contributed by atoms with Crippen LogP contribution in [0.5, 0.6) is 0 Å². The van der Waals surface area contributed by atoms with E-state index in [1.807, 2.05) is 13.8 Å². The number of amides is 1. The maximum Gasteiger partial charge on any atom is 0.269 e. The van der Waals surface area contributed by atoms with Crippen LogP contribution in [-0.2, 0) is 0 Å². The van der Waals surface area contributed by atoms with Gasteiger partial charge in [0.15, 0.2) is 5.82 Å². The van der Waals surface area contributed by atoms with Gasteiger partial charge in [0.05, 0.1) is 11.3 Å². The maximum absolute atomic E-state index is 11.0. The van der Waals surface area contributed by atoms with Crippen LogP contribution in [0, 0.1) is 13.8 Å². The molecule has 0 unspecified atom stereocenters. The van der Waals surface area contributed by atoms with Crippen molar-refractivity contribution in [3.8, 4) is 5.82 Å². The molecule has 0 saturated heterocycles. The van der Waals surface area contributed by atoms with Gasteiger partial charge in [-0.2, -0.15) is 10.2 Å². The van der Waals surface area contributed by atoms with Gasteiger partial charge in [0.25, 0.3) is 5.91 Å². The molecule has 2 heterocycles. The number of nitrogens with zero attached hydrogens (tertiary/aromatic N) is 4. The largest absolute Gasteiger partial charge is 0.389 e. The fourth-order valence-electron chi connectivity index (χ4n) is 1.62. The SMILES string of the molecule is Cc1nnc(-n2ccc(C(N)=O)n2)c(C(N)=S)c1C. The monoisotopic (exact) mass is 276 g/mol. The second-order valence-corrected chi connectivity index (χ2v) is 4.42. The van der Waals surface area contributed by atoms with Gasteiger partial charge < -0.3 is 11.5 Å². The highest BCUT2D eigenvalue weighted by atomic mass is 32.1. The summed E-state index contributed by atoms with van der Waals surface area (Å²) in [5, 5.41) is 12.1. The van der Waals surface area contributed by atoms with Crippen molar-refractivity contribution in [1.82, 2.24) is 20.0 Å². The Morgan fingerprint density at radius 3 is 2.53 bits per heavy atom. The first-order chi connectivity index (χ1) is 8.91. The highest BCUT2D eigenvalue weighted by Gasteiger charge is 2.16. The van der Waals surface area contributed by atoms with Gasteiger partial charge in [-0.25, -0.2) is 4.68 Å². The molecule has 8 heteroatoms. The van der Waals surface area contributed by atoms with Gasteiger partial charge in [0.1, 0.15) is 10.7 Å². The number of hydrogen-bond donors (Lipinski definition) is 2. The van der Waals surface area contributed by atoms with Crippen LogP contribution < -0.4 is 11.5 Å². The molecule has 2 rings (SSSR count). The first kappa shape index (κ1) is 13.1. The van der Waals surface area contributed by atoms with Crippen LogP contribution in [0.3, 0.4) is 0 Å². The Hall–Kier alpha value is -2.35. The van der Waals surface area contributed by atoms with E-state index in [0.717, 1.165) is 11.3 Å². The number of aromatic nitrogens is 4. The Kier molecular flexibility index (Phi) is 3.26. The van der Waals surface area contributed by atoms with E-state index in [1.54, 1.807) is 6.20 Å². The van der Waals surface area contributed by atoms with Crippen molar-refractivity contribution in [3.63, 3.8) is 0 Å². The van der Waals surface area contributed by atoms with Crippen LogP contribution in [0.1, 0.15) is 27.3 Å². The number of rotatable bonds is 3. The smallest absolute Gasteiger partial charge is 0.269 e. The molecule has 2 aromatic rings. The van der Waals surface area contributed by atoms with E-state index in [2.05, 4.69) is 15.3 Å². The average Bonchev–Trinajstić information content (AvgIpc) is 2.81. The van der Waals surface area contributed by atoms with Crippen LogP contribution in [0.25, 0.3) is 5.82 Å². The van der Waals surface area contributed by atoms with Crippen molar-refractivity contribution in [2.45, 2.75) is 13.8 Å². The van der Waals surface area contributed by atoms with Crippen molar-refractivity contribution in [1.29, 1.82) is 0 Å². The quantitative estimate of drug-likeness (QED) is 0.764. The van der Waals surface area contributed by atoms with E-state index in [4.69, 9.17) is 23.7 Å². The highest BCUT2D eigenvalue weighted by molar-refractivity contribution is 7.80. The molecule has 7 nitrogen and oxygen atoms in total. The topological polar surface area (TPSA) is 113 Å². The lowest BCUT2D eigenvalue weighted by molar-refractivity contribution is 0.0995. The summed E-state index contributed by atoms with van der Waals surface area (Å²) < 4.78 is 1.38. The van der Waals surface area contributed by atoms with Crippen LogP contribution in [0.4, 0.5) is 0 Å². The van der Waals surface area contributed by atoms with Gasteiger partial charge >= 0.3 is 0 Å². The second kappa shape index (κ2) is 4.73. The van der Waals surface area contributed by atoms with E-state index >= 15 is 0 Å². The lowest BCUT2D eigenvalue weighted by Gasteiger charge is -2.11. The predicted octanol–water partition coefficient (Wildman–Crippen LogP) is 0.0122. The molecule has 0 aliphatic heterocycles. The standard InChI is InChI=1S/C11H12N6OS/c1-5-6(2)14-15-11(8(5)10(13)19)17-4-3-7(16-17)9(12)18/h3-4H,1-2H3,(H2,12,18)(H2,13,19). The normalized spacial score (nSPS) is 10.4. The fourth-order valence-corrected chi connectivity index (χ4v) is 1.87. The van der Waals surface area contributed by atoms with Gasteiger partial charge in [-0.3, -0.25) is 4.79 Å². The number of carbonyl (C=O) groups excluding carboxylic acids is 1. The molecular weight excluding hydrogens is 264 g/mol. The van der Waals surface area contributed by atoms with Crippen molar-refractivity contribution >= 4 is 23.1 Å². The van der Waals surface area contributed by atoms with Crippen LogP contribution in [0.15, 0.2) is 12.3 Å². The first-order valence-corrected chi connectivity index (χ1v) is 5.82. The van der Waals surface area contributed by atoms with Gasteiger partial charge in [0.2, 0.25) is 0 Å².